The normalized spacial score (nSPS) is 10.1. The average molecular weight is 307 g/mol. The zero-order chi connectivity index (χ0) is 13.1. The van der Waals surface area contributed by atoms with Crippen LogP contribution < -0.4 is 4.74 Å². The van der Waals surface area contributed by atoms with E-state index in [0.717, 1.165) is 10.0 Å². The lowest BCUT2D eigenvalue weighted by atomic mass is 9.99. The minimum atomic E-state index is -0.950. The molecule has 2 rings (SSSR count). The van der Waals surface area contributed by atoms with Gasteiger partial charge >= 0.3 is 5.97 Å². The summed E-state index contributed by atoms with van der Waals surface area (Å²) < 4.78 is 5.89. The van der Waals surface area contributed by atoms with E-state index in [1.54, 1.807) is 19.2 Å². The fourth-order valence-electron chi connectivity index (χ4n) is 1.74. The lowest BCUT2D eigenvalue weighted by molar-refractivity contribution is 0.0697. The van der Waals surface area contributed by atoms with Crippen molar-refractivity contribution < 1.29 is 14.6 Å². The van der Waals surface area contributed by atoms with Crippen molar-refractivity contribution in [2.24, 2.45) is 0 Å². The minimum Gasteiger partial charge on any atom is -0.497 e. The van der Waals surface area contributed by atoms with Crippen molar-refractivity contribution in [3.63, 3.8) is 0 Å². The number of carboxylic acid groups (broad SMARTS) is 1. The quantitative estimate of drug-likeness (QED) is 0.937. The maximum atomic E-state index is 11.2. The van der Waals surface area contributed by atoms with Gasteiger partial charge in [0.15, 0.2) is 0 Å². The molecule has 92 valence electrons. The molecule has 0 fully saturated rings. The summed E-state index contributed by atoms with van der Waals surface area (Å²) >= 11 is 3.28. The second kappa shape index (κ2) is 5.23. The number of rotatable bonds is 3. The van der Waals surface area contributed by atoms with Gasteiger partial charge in [0.25, 0.3) is 0 Å². The Morgan fingerprint density at radius 3 is 2.67 bits per heavy atom. The van der Waals surface area contributed by atoms with E-state index in [1.807, 2.05) is 30.3 Å². The van der Waals surface area contributed by atoms with Crippen LogP contribution in [0, 0.1) is 0 Å². The lowest BCUT2D eigenvalue weighted by Crippen LogP contribution is -1.99. The summed E-state index contributed by atoms with van der Waals surface area (Å²) in [7, 11) is 1.58. The third-order valence-corrected chi connectivity index (χ3v) is 3.09. The number of hydrogen-bond acceptors (Lipinski definition) is 2. The topological polar surface area (TPSA) is 46.5 Å². The Balaban J connectivity index is 2.59. The van der Waals surface area contributed by atoms with Gasteiger partial charge in [-0.25, -0.2) is 4.79 Å². The molecule has 0 aliphatic rings. The predicted molar refractivity (Wildman–Crippen MR) is 73.1 cm³/mol. The van der Waals surface area contributed by atoms with Crippen LogP contribution in [0.4, 0.5) is 0 Å². The molecule has 2 aromatic carbocycles. The number of hydrogen-bond donors (Lipinski definition) is 1. The third-order valence-electron chi connectivity index (χ3n) is 2.59. The molecular weight excluding hydrogens is 296 g/mol. The van der Waals surface area contributed by atoms with Crippen molar-refractivity contribution in [1.29, 1.82) is 0 Å². The third kappa shape index (κ3) is 2.54. The first kappa shape index (κ1) is 12.6. The summed E-state index contributed by atoms with van der Waals surface area (Å²) in [6.07, 6.45) is 0. The van der Waals surface area contributed by atoms with Gasteiger partial charge in [0.1, 0.15) is 5.75 Å². The predicted octanol–water partition coefficient (Wildman–Crippen LogP) is 3.82. The van der Waals surface area contributed by atoms with E-state index in [1.165, 1.54) is 0 Å². The van der Waals surface area contributed by atoms with Crippen LogP contribution >= 0.6 is 15.9 Å². The van der Waals surface area contributed by atoms with Gasteiger partial charge in [-0.3, -0.25) is 0 Å². The number of benzene rings is 2. The van der Waals surface area contributed by atoms with Crippen molar-refractivity contribution in [2.75, 3.05) is 7.11 Å². The minimum absolute atomic E-state index is 0.262. The molecule has 0 aliphatic heterocycles. The van der Waals surface area contributed by atoms with Gasteiger partial charge in [-0.15, -0.1) is 0 Å². The van der Waals surface area contributed by atoms with E-state index in [-0.39, 0.29) is 5.56 Å². The zero-order valence-corrected chi connectivity index (χ0v) is 11.3. The zero-order valence-electron chi connectivity index (χ0n) is 9.68. The summed E-state index contributed by atoms with van der Waals surface area (Å²) in [5.41, 5.74) is 1.75. The molecule has 0 saturated heterocycles. The molecular formula is C14H11BrO3. The van der Waals surface area contributed by atoms with E-state index in [0.29, 0.717) is 11.3 Å². The smallest absolute Gasteiger partial charge is 0.336 e. The SMILES string of the molecule is COc1cccc(-c2ccc(Br)cc2C(=O)O)c1. The Morgan fingerprint density at radius 1 is 1.22 bits per heavy atom. The number of ether oxygens (including phenoxy) is 1. The molecule has 0 amide bonds. The second-order valence-corrected chi connectivity index (χ2v) is 4.64. The Bertz CT molecular complexity index is 593. The molecule has 0 aliphatic carbocycles. The molecule has 18 heavy (non-hydrogen) atoms. The largest absolute Gasteiger partial charge is 0.497 e. The second-order valence-electron chi connectivity index (χ2n) is 3.73. The Labute approximate surface area is 113 Å². The van der Waals surface area contributed by atoms with Gasteiger partial charge in [0.05, 0.1) is 12.7 Å². The molecule has 0 saturated carbocycles. The number of methoxy groups -OCH3 is 1. The molecule has 3 nitrogen and oxygen atoms in total. The summed E-state index contributed by atoms with van der Waals surface area (Å²) in [4.78, 5) is 11.2. The first-order chi connectivity index (χ1) is 8.61. The van der Waals surface area contributed by atoms with Crippen molar-refractivity contribution in [1.82, 2.24) is 0 Å². The highest BCUT2D eigenvalue weighted by Crippen LogP contribution is 2.29. The van der Waals surface area contributed by atoms with Crippen LogP contribution in [0.3, 0.4) is 0 Å². The van der Waals surface area contributed by atoms with Gasteiger partial charge in [-0.05, 0) is 35.4 Å². The maximum Gasteiger partial charge on any atom is 0.336 e. The highest BCUT2D eigenvalue weighted by molar-refractivity contribution is 9.10. The molecule has 2 aromatic rings. The first-order valence-electron chi connectivity index (χ1n) is 5.29. The molecule has 0 spiro atoms. The van der Waals surface area contributed by atoms with E-state index in [2.05, 4.69) is 15.9 Å². The summed E-state index contributed by atoms with van der Waals surface area (Å²) in [6.45, 7) is 0. The Morgan fingerprint density at radius 2 is 2.00 bits per heavy atom. The summed E-state index contributed by atoms with van der Waals surface area (Å²) in [6, 6.07) is 12.5. The first-order valence-corrected chi connectivity index (χ1v) is 6.08. The van der Waals surface area contributed by atoms with Crippen LogP contribution in [0.5, 0.6) is 5.75 Å². The van der Waals surface area contributed by atoms with Crippen molar-refractivity contribution in [3.05, 3.63) is 52.5 Å². The van der Waals surface area contributed by atoms with Crippen molar-refractivity contribution in [3.8, 4) is 16.9 Å². The number of halogens is 1. The molecule has 0 heterocycles. The Hall–Kier alpha value is -1.81. The highest BCUT2D eigenvalue weighted by Gasteiger charge is 2.12. The fourth-order valence-corrected chi connectivity index (χ4v) is 2.10. The van der Waals surface area contributed by atoms with Crippen LogP contribution in [0.1, 0.15) is 10.4 Å². The van der Waals surface area contributed by atoms with Gasteiger partial charge in [-0.2, -0.15) is 0 Å². The molecule has 1 N–H and O–H groups in total. The summed E-state index contributed by atoms with van der Waals surface area (Å²) in [5, 5.41) is 9.23. The van der Waals surface area contributed by atoms with E-state index < -0.39 is 5.97 Å². The van der Waals surface area contributed by atoms with Crippen LogP contribution in [0.2, 0.25) is 0 Å². The monoisotopic (exact) mass is 306 g/mol. The molecule has 4 heteroatoms. The van der Waals surface area contributed by atoms with Gasteiger partial charge < -0.3 is 9.84 Å². The van der Waals surface area contributed by atoms with E-state index in [4.69, 9.17) is 4.74 Å². The van der Waals surface area contributed by atoms with Crippen molar-refractivity contribution in [2.45, 2.75) is 0 Å². The van der Waals surface area contributed by atoms with Gasteiger partial charge in [0, 0.05) is 4.47 Å². The maximum absolute atomic E-state index is 11.2. The molecule has 0 radical (unpaired) electrons. The van der Waals surface area contributed by atoms with E-state index in [9.17, 15) is 9.90 Å². The molecule has 0 unspecified atom stereocenters. The van der Waals surface area contributed by atoms with Crippen LogP contribution in [-0.4, -0.2) is 18.2 Å². The number of aromatic carboxylic acids is 1. The number of carbonyl (C=O) groups is 1. The van der Waals surface area contributed by atoms with Crippen LogP contribution in [0.25, 0.3) is 11.1 Å². The molecule has 0 atom stereocenters. The molecule has 0 aromatic heterocycles. The standard InChI is InChI=1S/C14H11BrO3/c1-18-11-4-2-3-9(7-11)12-6-5-10(15)8-13(12)14(16)17/h2-8H,1H3,(H,16,17). The van der Waals surface area contributed by atoms with Crippen molar-refractivity contribution >= 4 is 21.9 Å². The van der Waals surface area contributed by atoms with Gasteiger partial charge in [-0.1, -0.05) is 34.1 Å². The highest BCUT2D eigenvalue weighted by atomic mass is 79.9. The summed E-state index contributed by atoms with van der Waals surface area (Å²) in [5.74, 6) is -0.249. The Kier molecular flexibility index (Phi) is 3.67. The van der Waals surface area contributed by atoms with Crippen LogP contribution in [-0.2, 0) is 0 Å². The van der Waals surface area contributed by atoms with Crippen LogP contribution in [0.15, 0.2) is 46.9 Å². The molecule has 0 bridgehead atoms. The lowest BCUT2D eigenvalue weighted by Gasteiger charge is -2.08. The average Bonchev–Trinajstić information content (AvgIpc) is 2.38. The van der Waals surface area contributed by atoms with Gasteiger partial charge in [0.2, 0.25) is 0 Å². The number of carboxylic acids is 1. The fraction of sp³-hybridized carbons (Fsp3) is 0.0714. The van der Waals surface area contributed by atoms with E-state index >= 15 is 0 Å².